The largest absolute Gasteiger partial charge is 0.467 e. The average molecular weight is 363 g/mol. The zero-order valence-electron chi connectivity index (χ0n) is 14.2. The number of benzene rings is 1. The van der Waals surface area contributed by atoms with Crippen molar-refractivity contribution < 1.29 is 22.4 Å². The summed E-state index contributed by atoms with van der Waals surface area (Å²) in [4.78, 5) is 14.3. The average Bonchev–Trinajstić information content (AvgIpc) is 3.30. The highest BCUT2D eigenvalue weighted by Gasteiger charge is 2.36. The Morgan fingerprint density at radius 1 is 1.12 bits per heavy atom. The molecule has 2 aromatic rings. The van der Waals surface area contributed by atoms with Crippen LogP contribution < -0.4 is 0 Å². The zero-order valence-corrected chi connectivity index (χ0v) is 14.2. The maximum absolute atomic E-state index is 13.5. The maximum Gasteiger partial charge on any atom is 0.417 e. The van der Waals surface area contributed by atoms with Crippen molar-refractivity contribution in [3.63, 3.8) is 0 Å². The molecule has 1 aromatic heterocycles. The Balaban J connectivity index is 1.91. The summed E-state index contributed by atoms with van der Waals surface area (Å²) in [6, 6.07) is 10.8. The first-order valence-corrected chi connectivity index (χ1v) is 8.62. The van der Waals surface area contributed by atoms with E-state index in [1.54, 1.807) is 18.2 Å². The van der Waals surface area contributed by atoms with Crippen molar-refractivity contribution in [1.82, 2.24) is 4.90 Å². The molecule has 0 unspecified atom stereocenters. The molecule has 3 rings (SSSR count). The van der Waals surface area contributed by atoms with Gasteiger partial charge in [0.2, 0.25) is 5.91 Å². The first-order chi connectivity index (χ1) is 12.4. The smallest absolute Gasteiger partial charge is 0.417 e. The molecular formula is C20H20F3NO2. The molecule has 1 saturated carbocycles. The normalized spacial score (nSPS) is 16.0. The van der Waals surface area contributed by atoms with Crippen LogP contribution in [0.15, 0.2) is 59.2 Å². The van der Waals surface area contributed by atoms with Gasteiger partial charge in [-0.25, -0.2) is 0 Å². The van der Waals surface area contributed by atoms with Crippen LogP contribution in [0.3, 0.4) is 0 Å². The third kappa shape index (κ3) is 4.36. The highest BCUT2D eigenvalue weighted by atomic mass is 19.4. The Morgan fingerprint density at radius 2 is 1.81 bits per heavy atom. The Kier molecular flexibility index (Phi) is 5.49. The van der Waals surface area contributed by atoms with Gasteiger partial charge in [0, 0.05) is 12.1 Å². The van der Waals surface area contributed by atoms with E-state index in [1.165, 1.54) is 35.4 Å². The number of carbonyl (C=O) groups is 1. The van der Waals surface area contributed by atoms with Gasteiger partial charge in [-0.1, -0.05) is 43.2 Å². The van der Waals surface area contributed by atoms with E-state index in [-0.39, 0.29) is 18.2 Å². The fraction of sp³-hybridized carbons (Fsp3) is 0.350. The molecule has 0 radical (unpaired) electrons. The molecule has 1 aromatic carbocycles. The van der Waals surface area contributed by atoms with Crippen molar-refractivity contribution in [2.24, 2.45) is 0 Å². The van der Waals surface area contributed by atoms with Gasteiger partial charge in [0.15, 0.2) is 0 Å². The lowest BCUT2D eigenvalue weighted by Gasteiger charge is -2.27. The Hall–Kier alpha value is -2.50. The number of halogens is 3. The number of hydrogen-bond acceptors (Lipinski definition) is 2. The lowest BCUT2D eigenvalue weighted by Crippen LogP contribution is -2.37. The SMILES string of the molecule is O=C(/C=C(\c1ccccc1)C(F)(F)F)N(Cc1ccco1)C1CCCC1. The quantitative estimate of drug-likeness (QED) is 0.685. The third-order valence-corrected chi connectivity index (χ3v) is 4.61. The summed E-state index contributed by atoms with van der Waals surface area (Å²) in [6.07, 6.45) is 1.15. The number of carbonyl (C=O) groups excluding carboxylic acids is 1. The van der Waals surface area contributed by atoms with Gasteiger partial charge in [-0.05, 0) is 30.5 Å². The third-order valence-electron chi connectivity index (χ3n) is 4.61. The van der Waals surface area contributed by atoms with Crippen LogP contribution in [0.2, 0.25) is 0 Å². The minimum atomic E-state index is -4.61. The molecule has 1 amide bonds. The molecule has 1 aliphatic rings. The van der Waals surface area contributed by atoms with E-state index in [4.69, 9.17) is 4.42 Å². The molecule has 0 saturated heterocycles. The molecule has 26 heavy (non-hydrogen) atoms. The number of amides is 1. The molecule has 0 N–H and O–H groups in total. The predicted molar refractivity (Wildman–Crippen MR) is 92.0 cm³/mol. The molecule has 6 heteroatoms. The van der Waals surface area contributed by atoms with Gasteiger partial charge in [0.1, 0.15) is 5.76 Å². The Morgan fingerprint density at radius 3 is 2.38 bits per heavy atom. The van der Waals surface area contributed by atoms with Crippen LogP contribution in [0, 0.1) is 0 Å². The summed E-state index contributed by atoms with van der Waals surface area (Å²) in [5.41, 5.74) is -0.941. The van der Waals surface area contributed by atoms with E-state index in [9.17, 15) is 18.0 Å². The molecule has 1 aliphatic carbocycles. The van der Waals surface area contributed by atoms with Gasteiger partial charge in [-0.15, -0.1) is 0 Å². The monoisotopic (exact) mass is 363 g/mol. The van der Waals surface area contributed by atoms with Crippen molar-refractivity contribution >= 4 is 11.5 Å². The van der Waals surface area contributed by atoms with Crippen molar-refractivity contribution in [3.05, 3.63) is 66.1 Å². The zero-order chi connectivity index (χ0) is 18.6. The Labute approximate surface area is 150 Å². The molecule has 1 fully saturated rings. The molecular weight excluding hydrogens is 343 g/mol. The topological polar surface area (TPSA) is 33.5 Å². The summed E-state index contributed by atoms with van der Waals surface area (Å²) >= 11 is 0. The summed E-state index contributed by atoms with van der Waals surface area (Å²) in [7, 11) is 0. The van der Waals surface area contributed by atoms with Gasteiger partial charge >= 0.3 is 6.18 Å². The summed E-state index contributed by atoms with van der Waals surface area (Å²) < 4.78 is 45.9. The van der Waals surface area contributed by atoms with Gasteiger partial charge in [-0.2, -0.15) is 13.2 Å². The van der Waals surface area contributed by atoms with E-state index >= 15 is 0 Å². The van der Waals surface area contributed by atoms with Crippen LogP contribution in [0.5, 0.6) is 0 Å². The molecule has 0 aliphatic heterocycles. The molecule has 138 valence electrons. The number of furan rings is 1. The second-order valence-electron chi connectivity index (χ2n) is 6.41. The minimum Gasteiger partial charge on any atom is -0.467 e. The van der Waals surface area contributed by atoms with Crippen molar-refractivity contribution in [1.29, 1.82) is 0 Å². The summed E-state index contributed by atoms with van der Waals surface area (Å²) in [5.74, 6) is -0.0728. The van der Waals surface area contributed by atoms with Gasteiger partial charge in [-0.3, -0.25) is 4.79 Å². The second-order valence-corrected chi connectivity index (χ2v) is 6.41. The van der Waals surface area contributed by atoms with E-state index in [0.717, 1.165) is 31.8 Å². The highest BCUT2D eigenvalue weighted by Crippen LogP contribution is 2.34. The van der Waals surface area contributed by atoms with Crippen LogP contribution in [0.4, 0.5) is 13.2 Å². The van der Waals surface area contributed by atoms with E-state index in [0.29, 0.717) is 5.76 Å². The van der Waals surface area contributed by atoms with E-state index < -0.39 is 17.7 Å². The molecule has 0 bridgehead atoms. The second kappa shape index (κ2) is 7.81. The van der Waals surface area contributed by atoms with Crippen molar-refractivity contribution in [2.45, 2.75) is 44.4 Å². The van der Waals surface area contributed by atoms with Gasteiger partial charge < -0.3 is 9.32 Å². The van der Waals surface area contributed by atoms with Gasteiger partial charge in [0.05, 0.1) is 18.4 Å². The number of nitrogens with zero attached hydrogens (tertiary/aromatic N) is 1. The maximum atomic E-state index is 13.5. The fourth-order valence-corrected chi connectivity index (χ4v) is 3.33. The lowest BCUT2D eigenvalue weighted by molar-refractivity contribution is -0.129. The summed E-state index contributed by atoms with van der Waals surface area (Å²) in [5, 5.41) is 0. The number of alkyl halides is 3. The van der Waals surface area contributed by atoms with Gasteiger partial charge in [0.25, 0.3) is 0 Å². The van der Waals surface area contributed by atoms with E-state index in [1.807, 2.05) is 0 Å². The highest BCUT2D eigenvalue weighted by molar-refractivity contribution is 5.96. The summed E-state index contributed by atoms with van der Waals surface area (Å²) in [6.45, 7) is 0.174. The Bertz CT molecular complexity index is 745. The van der Waals surface area contributed by atoms with E-state index in [2.05, 4.69) is 0 Å². The number of hydrogen-bond donors (Lipinski definition) is 0. The van der Waals surface area contributed by atoms with Crippen molar-refractivity contribution in [3.8, 4) is 0 Å². The number of allylic oxidation sites excluding steroid dienone is 1. The first kappa shape index (κ1) is 18.3. The predicted octanol–water partition coefficient (Wildman–Crippen LogP) is 5.20. The fourth-order valence-electron chi connectivity index (χ4n) is 3.33. The van der Waals surface area contributed by atoms with Crippen LogP contribution >= 0.6 is 0 Å². The molecule has 0 atom stereocenters. The molecule has 1 heterocycles. The minimum absolute atomic E-state index is 0.0160. The van der Waals surface area contributed by atoms with Crippen LogP contribution in [-0.2, 0) is 11.3 Å². The first-order valence-electron chi connectivity index (χ1n) is 8.62. The number of rotatable bonds is 5. The van der Waals surface area contributed by atoms with Crippen molar-refractivity contribution in [2.75, 3.05) is 0 Å². The molecule has 3 nitrogen and oxygen atoms in total. The van der Waals surface area contributed by atoms with Crippen LogP contribution in [0.1, 0.15) is 37.0 Å². The van der Waals surface area contributed by atoms with Crippen LogP contribution in [0.25, 0.3) is 5.57 Å². The lowest BCUT2D eigenvalue weighted by atomic mass is 10.0. The molecule has 0 spiro atoms. The standard InChI is InChI=1S/C20H20F3NO2/c21-20(22,23)18(15-7-2-1-3-8-15)13-19(25)24(16-9-4-5-10-16)14-17-11-6-12-26-17/h1-3,6-8,11-13,16H,4-5,9-10,14H2/b18-13+. The van der Waals surface area contributed by atoms with Crippen LogP contribution in [-0.4, -0.2) is 23.0 Å².